The van der Waals surface area contributed by atoms with Crippen molar-refractivity contribution in [3.63, 3.8) is 0 Å². The maximum absolute atomic E-state index is 12.8. The van der Waals surface area contributed by atoms with Crippen LogP contribution < -0.4 is 5.62 Å². The highest BCUT2D eigenvalue weighted by atomic mass is 16.1. The molecule has 0 saturated carbocycles. The van der Waals surface area contributed by atoms with E-state index < -0.39 is 0 Å². The van der Waals surface area contributed by atoms with Gasteiger partial charge in [-0.3, -0.25) is 10.2 Å². The summed E-state index contributed by atoms with van der Waals surface area (Å²) in [4.78, 5) is 12.8. The number of nitrogens with one attached hydrogen (secondary N) is 1. The zero-order valence-corrected chi connectivity index (χ0v) is 15.8. The molecule has 0 saturated heterocycles. The molecule has 0 fully saturated rings. The van der Waals surface area contributed by atoms with E-state index in [-0.39, 0.29) is 17.9 Å². The number of nitrogens with zero attached hydrogens (tertiary/aromatic N) is 3. The third kappa shape index (κ3) is 4.14. The molecule has 3 aromatic carbocycles. The van der Waals surface area contributed by atoms with E-state index >= 15 is 0 Å². The van der Waals surface area contributed by atoms with Gasteiger partial charge in [0.2, 0.25) is 5.62 Å². The van der Waals surface area contributed by atoms with Crippen molar-refractivity contribution in [2.45, 2.75) is 6.54 Å². The Hall–Kier alpha value is -3.99. The van der Waals surface area contributed by atoms with Crippen LogP contribution in [0, 0.1) is 5.41 Å². The van der Waals surface area contributed by atoms with Crippen molar-refractivity contribution in [2.24, 2.45) is 5.10 Å². The molecule has 1 N–H and O–H groups in total. The summed E-state index contributed by atoms with van der Waals surface area (Å²) >= 11 is 0. The highest BCUT2D eigenvalue weighted by Gasteiger charge is 2.14. The standard InChI is InChI=1S/C24H20N4O/c25-24-27(18-23(29)21-14-8-3-9-15-21)22(20-12-6-2-7-13-20)17-28(24)26-16-19-10-4-1-5-11-19/h1-17,25H,18H2/b25-24?,26-16+. The Morgan fingerprint density at radius 3 is 2.10 bits per heavy atom. The van der Waals surface area contributed by atoms with E-state index in [1.807, 2.05) is 78.9 Å². The number of aromatic nitrogens is 2. The van der Waals surface area contributed by atoms with Crippen LogP contribution in [0.5, 0.6) is 0 Å². The highest BCUT2D eigenvalue weighted by Crippen LogP contribution is 2.18. The van der Waals surface area contributed by atoms with E-state index in [9.17, 15) is 4.79 Å². The molecule has 5 heteroatoms. The quantitative estimate of drug-likeness (QED) is 0.395. The first-order chi connectivity index (χ1) is 14.2. The van der Waals surface area contributed by atoms with Crippen LogP contribution in [0.1, 0.15) is 15.9 Å². The van der Waals surface area contributed by atoms with Crippen molar-refractivity contribution >= 4 is 12.0 Å². The number of imidazole rings is 1. The summed E-state index contributed by atoms with van der Waals surface area (Å²) in [6.45, 7) is 0.0704. The van der Waals surface area contributed by atoms with Gasteiger partial charge in [-0.25, -0.2) is 4.68 Å². The normalized spacial score (nSPS) is 11.0. The van der Waals surface area contributed by atoms with E-state index in [0.29, 0.717) is 5.56 Å². The van der Waals surface area contributed by atoms with Gasteiger partial charge in [0.05, 0.1) is 24.7 Å². The SMILES string of the molecule is N=c1n(/N=C/c2ccccc2)cc(-c2ccccc2)n1CC(=O)c1ccccc1. The summed E-state index contributed by atoms with van der Waals surface area (Å²) in [5, 5.41) is 13.0. The maximum atomic E-state index is 12.8. The van der Waals surface area contributed by atoms with Crippen LogP contribution in [0.3, 0.4) is 0 Å². The van der Waals surface area contributed by atoms with Crippen molar-refractivity contribution < 1.29 is 4.79 Å². The molecule has 142 valence electrons. The molecule has 0 aliphatic carbocycles. The second-order valence-electron chi connectivity index (χ2n) is 6.58. The predicted octanol–water partition coefficient (Wildman–Crippen LogP) is 4.20. The summed E-state index contributed by atoms with van der Waals surface area (Å²) in [5.74, 6) is -0.0499. The fraction of sp³-hybridized carbons (Fsp3) is 0.0417. The van der Waals surface area contributed by atoms with Gasteiger partial charge in [-0.1, -0.05) is 91.0 Å². The lowest BCUT2D eigenvalue weighted by Gasteiger charge is -2.07. The van der Waals surface area contributed by atoms with E-state index in [1.54, 1.807) is 29.1 Å². The van der Waals surface area contributed by atoms with Crippen molar-refractivity contribution in [3.8, 4) is 11.3 Å². The van der Waals surface area contributed by atoms with Gasteiger partial charge in [0.25, 0.3) is 0 Å². The van der Waals surface area contributed by atoms with Crippen LogP contribution in [0.2, 0.25) is 0 Å². The Bertz CT molecular complexity index is 1190. The molecule has 0 amide bonds. The molecule has 1 heterocycles. The molecular weight excluding hydrogens is 360 g/mol. The molecular formula is C24H20N4O. The molecule has 5 nitrogen and oxygen atoms in total. The number of benzene rings is 3. The predicted molar refractivity (Wildman–Crippen MR) is 114 cm³/mol. The first-order valence-corrected chi connectivity index (χ1v) is 9.32. The molecule has 0 radical (unpaired) electrons. The number of hydrogen-bond acceptors (Lipinski definition) is 3. The van der Waals surface area contributed by atoms with Gasteiger partial charge in [-0.2, -0.15) is 5.10 Å². The highest BCUT2D eigenvalue weighted by molar-refractivity contribution is 5.96. The average Bonchev–Trinajstić information content (AvgIpc) is 3.09. The Morgan fingerprint density at radius 1 is 0.862 bits per heavy atom. The molecule has 0 atom stereocenters. The fourth-order valence-electron chi connectivity index (χ4n) is 3.10. The number of rotatable bonds is 6. The van der Waals surface area contributed by atoms with Crippen molar-refractivity contribution in [2.75, 3.05) is 0 Å². The molecule has 0 bridgehead atoms. The summed E-state index contributed by atoms with van der Waals surface area (Å²) < 4.78 is 3.18. The van der Waals surface area contributed by atoms with Crippen molar-refractivity contribution in [1.29, 1.82) is 5.41 Å². The average molecular weight is 380 g/mol. The van der Waals surface area contributed by atoms with Crippen LogP contribution in [-0.4, -0.2) is 21.2 Å². The van der Waals surface area contributed by atoms with Crippen LogP contribution in [0.4, 0.5) is 0 Å². The molecule has 4 rings (SSSR count). The van der Waals surface area contributed by atoms with Crippen molar-refractivity contribution in [3.05, 3.63) is 114 Å². The number of ketones is 1. The number of Topliss-reactive ketones (excluding diaryl/α,β-unsaturated/α-hetero) is 1. The smallest absolute Gasteiger partial charge is 0.224 e. The molecule has 0 aliphatic heterocycles. The summed E-state index contributed by atoms with van der Waals surface area (Å²) in [6, 6.07) is 28.6. The van der Waals surface area contributed by atoms with Crippen molar-refractivity contribution in [1.82, 2.24) is 9.24 Å². The molecule has 29 heavy (non-hydrogen) atoms. The fourth-order valence-corrected chi connectivity index (χ4v) is 3.10. The van der Waals surface area contributed by atoms with Gasteiger partial charge in [0.1, 0.15) is 0 Å². The Kier molecular flexibility index (Phi) is 5.29. The van der Waals surface area contributed by atoms with Crippen LogP contribution in [-0.2, 0) is 6.54 Å². The molecule has 1 aromatic heterocycles. The van der Waals surface area contributed by atoms with Gasteiger partial charge < -0.3 is 4.57 Å². The molecule has 4 aromatic rings. The lowest BCUT2D eigenvalue weighted by molar-refractivity contribution is 0.0970. The second-order valence-corrected chi connectivity index (χ2v) is 6.58. The van der Waals surface area contributed by atoms with Gasteiger partial charge >= 0.3 is 0 Å². The van der Waals surface area contributed by atoms with E-state index in [4.69, 9.17) is 5.41 Å². The minimum Gasteiger partial charge on any atom is -0.301 e. The third-order valence-corrected chi connectivity index (χ3v) is 4.61. The molecule has 0 spiro atoms. The first kappa shape index (κ1) is 18.4. The van der Waals surface area contributed by atoms with E-state index in [2.05, 4.69) is 5.10 Å². The third-order valence-electron chi connectivity index (χ3n) is 4.61. The molecule has 0 aliphatic rings. The van der Waals surface area contributed by atoms with Gasteiger partial charge in [0, 0.05) is 5.56 Å². The lowest BCUT2D eigenvalue weighted by atomic mass is 10.1. The molecule has 0 unspecified atom stereocenters. The largest absolute Gasteiger partial charge is 0.301 e. The minimum absolute atomic E-state index is 0.0499. The summed E-state index contributed by atoms with van der Waals surface area (Å²) in [7, 11) is 0. The number of carbonyl (C=O) groups excluding carboxylic acids is 1. The zero-order valence-electron chi connectivity index (χ0n) is 15.8. The summed E-state index contributed by atoms with van der Waals surface area (Å²) in [6.07, 6.45) is 3.49. The van der Waals surface area contributed by atoms with Gasteiger partial charge in [-0.05, 0) is 11.1 Å². The minimum atomic E-state index is -0.0499. The van der Waals surface area contributed by atoms with Gasteiger partial charge in [0.15, 0.2) is 5.78 Å². The Labute approximate surface area is 168 Å². The monoisotopic (exact) mass is 380 g/mol. The number of hydrogen-bond donors (Lipinski definition) is 1. The van der Waals surface area contributed by atoms with Crippen LogP contribution >= 0.6 is 0 Å². The Balaban J connectivity index is 1.74. The second kappa shape index (κ2) is 8.35. The topological polar surface area (TPSA) is 63.1 Å². The Morgan fingerprint density at radius 2 is 1.45 bits per heavy atom. The number of carbonyl (C=O) groups is 1. The van der Waals surface area contributed by atoms with E-state index in [1.165, 1.54) is 4.68 Å². The lowest BCUT2D eigenvalue weighted by Crippen LogP contribution is -2.26. The van der Waals surface area contributed by atoms with Crippen LogP contribution in [0.15, 0.2) is 102 Å². The van der Waals surface area contributed by atoms with Crippen LogP contribution in [0.25, 0.3) is 11.3 Å². The maximum Gasteiger partial charge on any atom is 0.224 e. The van der Waals surface area contributed by atoms with Gasteiger partial charge in [-0.15, -0.1) is 0 Å². The first-order valence-electron chi connectivity index (χ1n) is 9.32. The van der Waals surface area contributed by atoms with E-state index in [0.717, 1.165) is 16.8 Å². The zero-order chi connectivity index (χ0) is 20.1. The summed E-state index contributed by atoms with van der Waals surface area (Å²) in [5.41, 5.74) is 3.40.